The van der Waals surface area contributed by atoms with Crippen molar-refractivity contribution in [3.8, 4) is 0 Å². The highest BCUT2D eigenvalue weighted by molar-refractivity contribution is 5.92. The second-order valence-electron chi connectivity index (χ2n) is 5.30. The third kappa shape index (κ3) is 3.13. The van der Waals surface area contributed by atoms with Gasteiger partial charge in [-0.15, -0.1) is 0 Å². The van der Waals surface area contributed by atoms with E-state index in [2.05, 4.69) is 25.3 Å². The summed E-state index contributed by atoms with van der Waals surface area (Å²) in [5, 5.41) is 10.4. The second-order valence-corrected chi connectivity index (χ2v) is 5.30. The Hall–Kier alpha value is -2.15. The first-order chi connectivity index (χ1) is 10.2. The van der Waals surface area contributed by atoms with Gasteiger partial charge in [0.2, 0.25) is 0 Å². The topological polar surface area (TPSA) is 76.8 Å². The van der Waals surface area contributed by atoms with Crippen LogP contribution in [0.1, 0.15) is 35.2 Å². The van der Waals surface area contributed by atoms with Crippen LogP contribution in [-0.2, 0) is 13.6 Å². The van der Waals surface area contributed by atoms with Crippen molar-refractivity contribution in [1.82, 2.24) is 30.0 Å². The number of hydrogen-bond donors (Lipinski definition) is 2. The number of nitrogens with zero attached hydrogens (tertiary/aromatic N) is 4. The largest absolute Gasteiger partial charge is 0.343 e. The summed E-state index contributed by atoms with van der Waals surface area (Å²) < 4.78 is 3.71. The van der Waals surface area contributed by atoms with E-state index in [0.29, 0.717) is 24.1 Å². The number of aromatic nitrogens is 4. The number of nitrogens with one attached hydrogen (secondary N) is 2. The molecule has 2 aromatic heterocycles. The molecule has 3 rings (SSSR count). The first-order valence-electron chi connectivity index (χ1n) is 7.24. The Balaban J connectivity index is 1.65. The van der Waals surface area contributed by atoms with Gasteiger partial charge in [0, 0.05) is 19.3 Å². The molecule has 7 heteroatoms. The van der Waals surface area contributed by atoms with Gasteiger partial charge in [-0.25, -0.2) is 4.98 Å². The summed E-state index contributed by atoms with van der Waals surface area (Å²) in [5.74, 6) is 0.539. The van der Waals surface area contributed by atoms with Crippen LogP contribution in [0.25, 0.3) is 0 Å². The minimum absolute atomic E-state index is 0.0778. The van der Waals surface area contributed by atoms with Crippen LogP contribution >= 0.6 is 0 Å². The van der Waals surface area contributed by atoms with Crippen molar-refractivity contribution in [3.05, 3.63) is 36.2 Å². The summed E-state index contributed by atoms with van der Waals surface area (Å²) >= 11 is 0. The Labute approximate surface area is 123 Å². The van der Waals surface area contributed by atoms with Gasteiger partial charge in [0.15, 0.2) is 5.82 Å². The highest BCUT2D eigenvalue weighted by Crippen LogP contribution is 2.21. The van der Waals surface area contributed by atoms with E-state index in [1.807, 2.05) is 18.3 Å². The van der Waals surface area contributed by atoms with Crippen molar-refractivity contribution < 1.29 is 4.79 Å². The fourth-order valence-corrected chi connectivity index (χ4v) is 2.70. The minimum atomic E-state index is -0.0778. The minimum Gasteiger partial charge on any atom is -0.343 e. The number of amides is 1. The van der Waals surface area contributed by atoms with E-state index in [-0.39, 0.29) is 5.91 Å². The lowest BCUT2D eigenvalue weighted by Gasteiger charge is -2.25. The quantitative estimate of drug-likeness (QED) is 0.857. The van der Waals surface area contributed by atoms with Crippen molar-refractivity contribution in [1.29, 1.82) is 0 Å². The lowest BCUT2D eigenvalue weighted by atomic mass is 10.1. The van der Waals surface area contributed by atoms with E-state index in [1.165, 1.54) is 0 Å². The van der Waals surface area contributed by atoms with Gasteiger partial charge in [-0.2, -0.15) is 5.10 Å². The molecular formula is C14H20N6O. The maximum absolute atomic E-state index is 12.3. The van der Waals surface area contributed by atoms with E-state index in [1.54, 1.807) is 18.1 Å². The number of aryl methyl sites for hydroxylation is 1. The highest BCUT2D eigenvalue weighted by Gasteiger charge is 2.19. The average molecular weight is 288 g/mol. The highest BCUT2D eigenvalue weighted by atomic mass is 16.1. The third-order valence-corrected chi connectivity index (χ3v) is 3.77. The molecule has 3 heterocycles. The second kappa shape index (κ2) is 6.09. The van der Waals surface area contributed by atoms with Gasteiger partial charge in [-0.05, 0) is 38.1 Å². The fraction of sp³-hybridized carbons (Fsp3) is 0.500. The van der Waals surface area contributed by atoms with E-state index in [4.69, 9.17) is 0 Å². The van der Waals surface area contributed by atoms with Gasteiger partial charge in [-0.3, -0.25) is 9.48 Å². The molecule has 1 amide bonds. The summed E-state index contributed by atoms with van der Waals surface area (Å²) in [5.41, 5.74) is 0.706. The predicted molar refractivity (Wildman–Crippen MR) is 77.7 cm³/mol. The number of rotatable bonds is 4. The molecule has 1 fully saturated rings. The van der Waals surface area contributed by atoms with Crippen molar-refractivity contribution in [3.63, 3.8) is 0 Å². The Morgan fingerprint density at radius 2 is 2.29 bits per heavy atom. The van der Waals surface area contributed by atoms with Gasteiger partial charge < -0.3 is 15.2 Å². The van der Waals surface area contributed by atoms with Gasteiger partial charge in [0.05, 0.1) is 6.54 Å². The molecule has 0 aromatic carbocycles. The number of carbonyl (C=O) groups excluding carboxylic acids is 1. The molecule has 0 atom stereocenters. The molecule has 21 heavy (non-hydrogen) atoms. The molecule has 0 spiro atoms. The van der Waals surface area contributed by atoms with Crippen LogP contribution in [-0.4, -0.2) is 38.3 Å². The van der Waals surface area contributed by atoms with Gasteiger partial charge in [0.25, 0.3) is 5.91 Å². The first-order valence-corrected chi connectivity index (χ1v) is 7.24. The zero-order valence-electron chi connectivity index (χ0n) is 12.1. The molecule has 1 aliphatic rings. The molecule has 1 saturated heterocycles. The average Bonchev–Trinajstić information content (AvgIpc) is 3.14. The lowest BCUT2D eigenvalue weighted by Crippen LogP contribution is -2.32. The van der Waals surface area contributed by atoms with Crippen molar-refractivity contribution >= 4 is 5.91 Å². The van der Waals surface area contributed by atoms with E-state index >= 15 is 0 Å². The monoisotopic (exact) mass is 288 g/mol. The van der Waals surface area contributed by atoms with Crippen LogP contribution < -0.4 is 10.6 Å². The summed E-state index contributed by atoms with van der Waals surface area (Å²) in [6, 6.07) is 4.19. The lowest BCUT2D eigenvalue weighted by molar-refractivity contribution is 0.0937. The fourth-order valence-electron chi connectivity index (χ4n) is 2.70. The summed E-state index contributed by atoms with van der Waals surface area (Å²) in [6.07, 6.45) is 5.72. The van der Waals surface area contributed by atoms with Crippen LogP contribution in [0.4, 0.5) is 0 Å². The molecule has 112 valence electrons. The molecule has 0 radical (unpaired) electrons. The van der Waals surface area contributed by atoms with Crippen molar-refractivity contribution in [2.24, 2.45) is 7.05 Å². The normalized spacial score (nSPS) is 16.0. The summed E-state index contributed by atoms with van der Waals surface area (Å²) in [4.78, 5) is 16.4. The molecule has 0 saturated carbocycles. The van der Waals surface area contributed by atoms with Crippen LogP contribution in [0.5, 0.6) is 0 Å². The summed E-state index contributed by atoms with van der Waals surface area (Å²) in [6.45, 7) is 2.35. The molecule has 2 aromatic rings. The number of piperidine rings is 1. The van der Waals surface area contributed by atoms with E-state index < -0.39 is 0 Å². The molecule has 0 bridgehead atoms. The zero-order valence-corrected chi connectivity index (χ0v) is 12.1. The third-order valence-electron chi connectivity index (χ3n) is 3.77. The maximum atomic E-state index is 12.3. The van der Waals surface area contributed by atoms with Crippen molar-refractivity contribution in [2.45, 2.75) is 25.4 Å². The van der Waals surface area contributed by atoms with Crippen LogP contribution in [0.15, 0.2) is 24.7 Å². The Kier molecular flexibility index (Phi) is 4.01. The van der Waals surface area contributed by atoms with Crippen molar-refractivity contribution in [2.75, 3.05) is 13.1 Å². The Morgan fingerprint density at radius 1 is 1.48 bits per heavy atom. The molecule has 2 N–H and O–H groups in total. The molecule has 0 unspecified atom stereocenters. The Morgan fingerprint density at radius 3 is 3.00 bits per heavy atom. The zero-order chi connectivity index (χ0) is 14.7. The summed E-state index contributed by atoms with van der Waals surface area (Å²) in [7, 11) is 1.81. The van der Waals surface area contributed by atoms with Crippen LogP contribution in [0, 0.1) is 0 Å². The van der Waals surface area contributed by atoms with Crippen LogP contribution in [0.2, 0.25) is 0 Å². The first kappa shape index (κ1) is 13.8. The molecule has 1 aliphatic heterocycles. The number of hydrogen-bond acceptors (Lipinski definition) is 4. The molecular weight excluding hydrogens is 268 g/mol. The Bertz CT molecular complexity index is 611. The standard InChI is InChI=1S/C14H20N6O/c1-19-10-17-13(18-19)9-16-14(21)12-3-2-8-20(12)11-4-6-15-7-5-11/h2-3,8,10-11,15H,4-7,9H2,1H3,(H,16,21). The maximum Gasteiger partial charge on any atom is 0.268 e. The van der Waals surface area contributed by atoms with Gasteiger partial charge in [-0.1, -0.05) is 0 Å². The number of carbonyl (C=O) groups is 1. The molecule has 0 aliphatic carbocycles. The van der Waals surface area contributed by atoms with E-state index in [0.717, 1.165) is 25.9 Å². The SMILES string of the molecule is Cn1cnc(CNC(=O)c2cccn2C2CCNCC2)n1. The predicted octanol–water partition coefficient (Wildman–Crippen LogP) is 0.471. The van der Waals surface area contributed by atoms with E-state index in [9.17, 15) is 4.79 Å². The van der Waals surface area contributed by atoms with Gasteiger partial charge >= 0.3 is 0 Å². The smallest absolute Gasteiger partial charge is 0.268 e. The van der Waals surface area contributed by atoms with Gasteiger partial charge in [0.1, 0.15) is 12.0 Å². The molecule has 7 nitrogen and oxygen atoms in total. The van der Waals surface area contributed by atoms with Crippen LogP contribution in [0.3, 0.4) is 0 Å².